The van der Waals surface area contributed by atoms with Crippen LogP contribution >= 0.6 is 0 Å². The van der Waals surface area contributed by atoms with Gasteiger partial charge in [-0.25, -0.2) is 4.79 Å². The van der Waals surface area contributed by atoms with E-state index in [4.69, 9.17) is 0 Å². The number of benzene rings is 1. The van der Waals surface area contributed by atoms with Crippen LogP contribution in [0.1, 0.15) is 42.5 Å². The lowest BCUT2D eigenvalue weighted by Crippen LogP contribution is -2.24. The van der Waals surface area contributed by atoms with Gasteiger partial charge in [-0.15, -0.1) is 5.54 Å². The van der Waals surface area contributed by atoms with E-state index < -0.39 is 14.0 Å². The lowest BCUT2D eigenvalue weighted by Gasteiger charge is -2.31. The second-order valence-corrected chi connectivity index (χ2v) is 12.5. The van der Waals surface area contributed by atoms with Gasteiger partial charge in [0.15, 0.2) is 0 Å². The maximum Gasteiger partial charge on any atom is 0.335 e. The van der Waals surface area contributed by atoms with Gasteiger partial charge >= 0.3 is 5.97 Å². The molecule has 1 aromatic rings. The van der Waals surface area contributed by atoms with Gasteiger partial charge in [0, 0.05) is 5.56 Å². The van der Waals surface area contributed by atoms with Crippen LogP contribution < -0.4 is 0 Å². The first-order valence-electron chi connectivity index (χ1n) is 7.63. The number of aliphatic carboxylic acids is 1. The van der Waals surface area contributed by atoms with Crippen molar-refractivity contribution in [3.05, 3.63) is 40.5 Å². The Labute approximate surface area is 134 Å². The smallest absolute Gasteiger partial charge is 0.335 e. The van der Waals surface area contributed by atoms with Crippen LogP contribution in [0.5, 0.6) is 0 Å². The number of fused-ring (bicyclic) bond motifs is 1. The van der Waals surface area contributed by atoms with Gasteiger partial charge in [-0.3, -0.25) is 0 Å². The van der Waals surface area contributed by atoms with Gasteiger partial charge in [0.1, 0.15) is 8.07 Å². The van der Waals surface area contributed by atoms with Crippen LogP contribution in [-0.4, -0.2) is 19.1 Å². The highest BCUT2D eigenvalue weighted by Gasteiger charge is 2.31. The molecule has 0 saturated heterocycles. The van der Waals surface area contributed by atoms with E-state index in [1.807, 2.05) is 19.1 Å². The minimum Gasteiger partial charge on any atom is -0.478 e. The zero-order chi connectivity index (χ0) is 16.7. The molecule has 0 radical (unpaired) electrons. The Morgan fingerprint density at radius 1 is 1.27 bits per heavy atom. The Kier molecular flexibility index (Phi) is 4.10. The minimum atomic E-state index is -1.43. The highest BCUT2D eigenvalue weighted by molar-refractivity contribution is 6.83. The van der Waals surface area contributed by atoms with E-state index in [0.717, 1.165) is 28.7 Å². The molecule has 2 rings (SSSR count). The third-order valence-electron chi connectivity index (χ3n) is 4.00. The van der Waals surface area contributed by atoms with Gasteiger partial charge in [0.2, 0.25) is 0 Å². The van der Waals surface area contributed by atoms with Crippen LogP contribution in [0.4, 0.5) is 0 Å². The maximum absolute atomic E-state index is 11.5. The van der Waals surface area contributed by atoms with E-state index in [1.165, 1.54) is 0 Å². The second-order valence-electron chi connectivity index (χ2n) is 7.72. The number of aryl methyl sites for hydroxylation is 1. The van der Waals surface area contributed by atoms with Crippen LogP contribution in [-0.2, 0) is 10.2 Å². The van der Waals surface area contributed by atoms with Gasteiger partial charge in [-0.1, -0.05) is 45.5 Å². The summed E-state index contributed by atoms with van der Waals surface area (Å²) in [4.78, 5) is 11.5. The van der Waals surface area contributed by atoms with Crippen LogP contribution in [0.25, 0.3) is 5.57 Å². The van der Waals surface area contributed by atoms with Crippen molar-refractivity contribution in [1.82, 2.24) is 0 Å². The largest absolute Gasteiger partial charge is 0.478 e. The lowest BCUT2D eigenvalue weighted by molar-refractivity contribution is -0.130. The summed E-state index contributed by atoms with van der Waals surface area (Å²) in [6, 6.07) is 4.10. The molecule has 0 amide bonds. The normalized spacial score (nSPS) is 16.2. The number of allylic oxidation sites excluding steroid dienone is 1. The van der Waals surface area contributed by atoms with Gasteiger partial charge in [0.05, 0.1) is 5.57 Å². The molecule has 0 bridgehead atoms. The molecule has 3 heteroatoms. The Hall–Kier alpha value is -1.79. The summed E-state index contributed by atoms with van der Waals surface area (Å²) in [6.45, 7) is 13.0. The number of carboxylic acids is 1. The SMILES string of the molecule is Cc1cc2c(cc1C#C[Si](C)(C)C)C(C)(C)CC=C2C(=O)O. The summed E-state index contributed by atoms with van der Waals surface area (Å²) < 4.78 is 0. The Balaban J connectivity index is 2.64. The average molecular weight is 312 g/mol. The number of hydrogen-bond acceptors (Lipinski definition) is 1. The van der Waals surface area contributed by atoms with Crippen molar-refractivity contribution in [3.63, 3.8) is 0 Å². The molecular formula is C19H24O2Si. The predicted molar refractivity (Wildman–Crippen MR) is 94.7 cm³/mol. The van der Waals surface area contributed by atoms with Crippen molar-refractivity contribution in [2.75, 3.05) is 0 Å². The van der Waals surface area contributed by atoms with E-state index in [1.54, 1.807) is 0 Å². The predicted octanol–water partition coefficient (Wildman–Crippen LogP) is 4.37. The highest BCUT2D eigenvalue weighted by Crippen LogP contribution is 2.40. The third kappa shape index (κ3) is 3.33. The van der Waals surface area contributed by atoms with Gasteiger partial charge in [-0.05, 0) is 47.6 Å². The molecule has 0 saturated carbocycles. The van der Waals surface area contributed by atoms with Gasteiger partial charge in [-0.2, -0.15) is 0 Å². The molecule has 0 fully saturated rings. The summed E-state index contributed by atoms with van der Waals surface area (Å²) in [5.74, 6) is 2.48. The Morgan fingerprint density at radius 2 is 1.91 bits per heavy atom. The van der Waals surface area contributed by atoms with Crippen molar-refractivity contribution in [2.24, 2.45) is 0 Å². The fraction of sp³-hybridized carbons (Fsp3) is 0.421. The first kappa shape index (κ1) is 16.6. The lowest BCUT2D eigenvalue weighted by atomic mass is 9.72. The van der Waals surface area contributed by atoms with E-state index in [9.17, 15) is 9.90 Å². The summed E-state index contributed by atoms with van der Waals surface area (Å²) in [6.07, 6.45) is 2.59. The van der Waals surface area contributed by atoms with Crippen LogP contribution in [0.2, 0.25) is 19.6 Å². The quantitative estimate of drug-likeness (QED) is 0.617. The molecule has 1 aromatic carbocycles. The molecule has 0 atom stereocenters. The number of rotatable bonds is 1. The van der Waals surface area contributed by atoms with E-state index >= 15 is 0 Å². The van der Waals surface area contributed by atoms with E-state index in [0.29, 0.717) is 5.57 Å². The molecule has 0 aliphatic heterocycles. The average Bonchev–Trinajstić information content (AvgIpc) is 2.35. The molecule has 1 N–H and O–H groups in total. The molecule has 0 heterocycles. The molecular weight excluding hydrogens is 288 g/mol. The van der Waals surface area contributed by atoms with E-state index in [-0.39, 0.29) is 5.41 Å². The fourth-order valence-electron chi connectivity index (χ4n) is 2.66. The zero-order valence-electron chi connectivity index (χ0n) is 14.3. The maximum atomic E-state index is 11.5. The molecule has 1 aliphatic rings. The summed E-state index contributed by atoms with van der Waals surface area (Å²) in [5, 5.41) is 9.43. The van der Waals surface area contributed by atoms with Gasteiger partial charge in [0.25, 0.3) is 0 Å². The standard InChI is InChI=1S/C19H24O2Si/c1-13-11-16-15(18(20)21)7-9-19(2,3)17(16)12-14(13)8-10-22(4,5)6/h7,11-12H,9H2,1-6H3,(H,20,21). The van der Waals surface area contributed by atoms with Gasteiger partial charge < -0.3 is 5.11 Å². The summed E-state index contributed by atoms with van der Waals surface area (Å²) in [7, 11) is -1.43. The molecule has 116 valence electrons. The van der Waals surface area contributed by atoms with E-state index in [2.05, 4.69) is 51.0 Å². The molecule has 2 nitrogen and oxygen atoms in total. The first-order chi connectivity index (χ1) is 10.0. The monoisotopic (exact) mass is 312 g/mol. The van der Waals surface area contributed by atoms with Crippen LogP contribution in [0.3, 0.4) is 0 Å². The number of carbonyl (C=O) groups is 1. The fourth-order valence-corrected chi connectivity index (χ4v) is 3.17. The van der Waals surface area contributed by atoms with Crippen molar-refractivity contribution in [1.29, 1.82) is 0 Å². The van der Waals surface area contributed by atoms with Crippen molar-refractivity contribution in [2.45, 2.75) is 52.2 Å². The zero-order valence-corrected chi connectivity index (χ0v) is 15.3. The third-order valence-corrected chi connectivity index (χ3v) is 4.88. The summed E-state index contributed by atoms with van der Waals surface area (Å²) >= 11 is 0. The second kappa shape index (κ2) is 5.44. The number of carboxylic acid groups (broad SMARTS) is 1. The molecule has 1 aliphatic carbocycles. The first-order valence-corrected chi connectivity index (χ1v) is 11.1. The van der Waals surface area contributed by atoms with Crippen molar-refractivity contribution < 1.29 is 9.90 Å². The Bertz CT molecular complexity index is 722. The highest BCUT2D eigenvalue weighted by atomic mass is 28.3. The number of hydrogen-bond donors (Lipinski definition) is 1. The van der Waals surface area contributed by atoms with Crippen molar-refractivity contribution >= 4 is 19.6 Å². The van der Waals surface area contributed by atoms with Crippen LogP contribution in [0.15, 0.2) is 18.2 Å². The molecule has 0 spiro atoms. The molecule has 22 heavy (non-hydrogen) atoms. The van der Waals surface area contributed by atoms with Crippen LogP contribution in [0, 0.1) is 18.4 Å². The molecule has 0 aromatic heterocycles. The molecule has 0 unspecified atom stereocenters. The summed E-state index contributed by atoms with van der Waals surface area (Å²) in [5.41, 5.74) is 7.79. The van der Waals surface area contributed by atoms with Crippen molar-refractivity contribution in [3.8, 4) is 11.5 Å². The minimum absolute atomic E-state index is 0.0580. The topological polar surface area (TPSA) is 37.3 Å². The Morgan fingerprint density at radius 3 is 2.45 bits per heavy atom.